The maximum atomic E-state index is 9.27. The molecule has 0 saturated heterocycles. The number of benzene rings is 2. The Morgan fingerprint density at radius 1 is 0.692 bits per heavy atom. The number of hydrogen-bond donors (Lipinski definition) is 2. The van der Waals surface area contributed by atoms with Crippen LogP contribution in [0.3, 0.4) is 0 Å². The summed E-state index contributed by atoms with van der Waals surface area (Å²) in [5.41, 5.74) is 3.72. The van der Waals surface area contributed by atoms with Gasteiger partial charge in [0.1, 0.15) is 12.1 Å². The molecule has 0 radical (unpaired) electrons. The van der Waals surface area contributed by atoms with Gasteiger partial charge in [0.2, 0.25) is 0 Å². The molecule has 0 saturated carbocycles. The summed E-state index contributed by atoms with van der Waals surface area (Å²) >= 11 is 0. The molecule has 1 heterocycles. The molecule has 0 aliphatic carbocycles. The number of para-hydroxylation sites is 2. The average Bonchev–Trinajstić information content (AvgIpc) is 2.66. The number of nitrogens with zero attached hydrogens (tertiary/aromatic N) is 4. The molecule has 0 aliphatic heterocycles. The van der Waals surface area contributed by atoms with Crippen molar-refractivity contribution >= 4 is 23.0 Å². The standard InChI is InChI=1S/C20H16N6/c1-13-7-3-5-9-15(13)23-19-20(24-16-10-6-4-8-14(16)2)26-18(12-22)17(11-21)25-19/h3-10H,1-2H3,(H,23,25)(H,24,26). The molecule has 1 aromatic heterocycles. The van der Waals surface area contributed by atoms with E-state index < -0.39 is 0 Å². The summed E-state index contributed by atoms with van der Waals surface area (Å²) in [6.07, 6.45) is 0. The van der Waals surface area contributed by atoms with Gasteiger partial charge in [0, 0.05) is 11.4 Å². The zero-order valence-electron chi connectivity index (χ0n) is 14.4. The van der Waals surface area contributed by atoms with E-state index in [2.05, 4.69) is 20.6 Å². The smallest absolute Gasteiger partial charge is 0.179 e. The van der Waals surface area contributed by atoms with Crippen LogP contribution in [0.1, 0.15) is 22.5 Å². The largest absolute Gasteiger partial charge is 0.337 e. The van der Waals surface area contributed by atoms with Gasteiger partial charge in [0.15, 0.2) is 23.0 Å². The quantitative estimate of drug-likeness (QED) is 0.734. The predicted octanol–water partition coefficient (Wildman–Crippen LogP) is 4.32. The maximum absolute atomic E-state index is 9.27. The summed E-state index contributed by atoms with van der Waals surface area (Å²) in [5.74, 6) is 0.774. The number of anilines is 4. The lowest BCUT2D eigenvalue weighted by atomic mass is 10.2. The second-order valence-electron chi connectivity index (χ2n) is 5.72. The Hall–Kier alpha value is -3.90. The zero-order chi connectivity index (χ0) is 18.5. The SMILES string of the molecule is Cc1ccccc1Nc1nc(C#N)c(C#N)nc1Nc1ccccc1C. The van der Waals surface area contributed by atoms with Gasteiger partial charge in [-0.1, -0.05) is 36.4 Å². The van der Waals surface area contributed by atoms with Gasteiger partial charge in [-0.15, -0.1) is 0 Å². The molecule has 0 spiro atoms. The van der Waals surface area contributed by atoms with Gasteiger partial charge in [0.05, 0.1) is 0 Å². The highest BCUT2D eigenvalue weighted by Crippen LogP contribution is 2.28. The van der Waals surface area contributed by atoms with Crippen LogP contribution < -0.4 is 10.6 Å². The van der Waals surface area contributed by atoms with Gasteiger partial charge >= 0.3 is 0 Å². The minimum Gasteiger partial charge on any atom is -0.337 e. The molecule has 3 rings (SSSR count). The second-order valence-corrected chi connectivity index (χ2v) is 5.72. The molecule has 26 heavy (non-hydrogen) atoms. The Morgan fingerprint density at radius 3 is 1.42 bits per heavy atom. The van der Waals surface area contributed by atoms with Crippen LogP contribution in [-0.4, -0.2) is 9.97 Å². The van der Waals surface area contributed by atoms with Crippen molar-refractivity contribution in [2.24, 2.45) is 0 Å². The van der Waals surface area contributed by atoms with Crippen molar-refractivity contribution in [1.29, 1.82) is 10.5 Å². The Balaban J connectivity index is 2.09. The molecule has 126 valence electrons. The van der Waals surface area contributed by atoms with Crippen molar-refractivity contribution in [3.05, 3.63) is 71.0 Å². The monoisotopic (exact) mass is 340 g/mol. The second kappa shape index (κ2) is 7.33. The minimum absolute atomic E-state index is 0.0149. The van der Waals surface area contributed by atoms with Crippen LogP contribution in [0.15, 0.2) is 48.5 Å². The number of hydrogen-bond acceptors (Lipinski definition) is 6. The van der Waals surface area contributed by atoms with Crippen molar-refractivity contribution in [3.63, 3.8) is 0 Å². The lowest BCUT2D eigenvalue weighted by Gasteiger charge is -2.15. The summed E-state index contributed by atoms with van der Waals surface area (Å²) in [5, 5.41) is 25.0. The van der Waals surface area contributed by atoms with E-state index in [9.17, 15) is 10.5 Å². The third kappa shape index (κ3) is 3.45. The van der Waals surface area contributed by atoms with Crippen LogP contribution in [-0.2, 0) is 0 Å². The van der Waals surface area contributed by atoms with Crippen molar-refractivity contribution < 1.29 is 0 Å². The first kappa shape index (κ1) is 16.9. The molecular formula is C20H16N6. The molecule has 2 aromatic carbocycles. The van der Waals surface area contributed by atoms with E-state index in [1.54, 1.807) is 0 Å². The van der Waals surface area contributed by atoms with E-state index in [1.807, 2.05) is 74.5 Å². The highest BCUT2D eigenvalue weighted by atomic mass is 15.1. The van der Waals surface area contributed by atoms with Crippen molar-refractivity contribution in [1.82, 2.24) is 9.97 Å². The van der Waals surface area contributed by atoms with E-state index in [1.165, 1.54) is 0 Å². The highest BCUT2D eigenvalue weighted by molar-refractivity contribution is 5.75. The van der Waals surface area contributed by atoms with Gasteiger partial charge in [-0.3, -0.25) is 0 Å². The molecule has 2 N–H and O–H groups in total. The van der Waals surface area contributed by atoms with Gasteiger partial charge in [-0.2, -0.15) is 10.5 Å². The molecule has 0 amide bonds. The molecule has 0 atom stereocenters. The number of nitriles is 2. The van der Waals surface area contributed by atoms with Crippen LogP contribution in [0.2, 0.25) is 0 Å². The molecule has 0 fully saturated rings. The fourth-order valence-electron chi connectivity index (χ4n) is 2.45. The lowest BCUT2D eigenvalue weighted by Crippen LogP contribution is -2.07. The van der Waals surface area contributed by atoms with E-state index in [4.69, 9.17) is 0 Å². The number of nitrogens with one attached hydrogen (secondary N) is 2. The molecule has 3 aromatic rings. The average molecular weight is 340 g/mol. The first-order valence-corrected chi connectivity index (χ1v) is 8.00. The van der Waals surface area contributed by atoms with Gasteiger partial charge < -0.3 is 10.6 Å². The fourth-order valence-corrected chi connectivity index (χ4v) is 2.45. The van der Waals surface area contributed by atoms with Crippen LogP contribution in [0.25, 0.3) is 0 Å². The Labute approximate surface area is 151 Å². The third-order valence-electron chi connectivity index (χ3n) is 3.90. The van der Waals surface area contributed by atoms with Crippen LogP contribution in [0.4, 0.5) is 23.0 Å². The normalized spacial score (nSPS) is 9.85. The molecular weight excluding hydrogens is 324 g/mol. The van der Waals surface area contributed by atoms with E-state index in [0.29, 0.717) is 11.6 Å². The highest BCUT2D eigenvalue weighted by Gasteiger charge is 2.15. The molecule has 6 nitrogen and oxygen atoms in total. The molecule has 0 bridgehead atoms. The predicted molar refractivity (Wildman–Crippen MR) is 100 cm³/mol. The maximum Gasteiger partial charge on any atom is 0.179 e. The van der Waals surface area contributed by atoms with E-state index in [-0.39, 0.29) is 11.4 Å². The van der Waals surface area contributed by atoms with Crippen LogP contribution in [0.5, 0.6) is 0 Å². The van der Waals surface area contributed by atoms with E-state index >= 15 is 0 Å². The Morgan fingerprint density at radius 2 is 1.08 bits per heavy atom. The van der Waals surface area contributed by atoms with E-state index in [0.717, 1.165) is 22.5 Å². The summed E-state index contributed by atoms with van der Waals surface area (Å²) < 4.78 is 0. The number of rotatable bonds is 4. The van der Waals surface area contributed by atoms with Crippen LogP contribution in [0, 0.1) is 36.5 Å². The number of aromatic nitrogens is 2. The summed E-state index contributed by atoms with van der Waals surface area (Å²) in [6.45, 7) is 3.94. The molecule has 0 unspecified atom stereocenters. The van der Waals surface area contributed by atoms with Crippen molar-refractivity contribution in [2.45, 2.75) is 13.8 Å². The van der Waals surface area contributed by atoms with Gasteiger partial charge in [-0.25, -0.2) is 9.97 Å². The summed E-state index contributed by atoms with van der Waals surface area (Å²) in [4.78, 5) is 8.61. The fraction of sp³-hybridized carbons (Fsp3) is 0.100. The summed E-state index contributed by atoms with van der Waals surface area (Å²) in [6, 6.07) is 19.3. The molecule has 6 heteroatoms. The van der Waals surface area contributed by atoms with Crippen LogP contribution >= 0.6 is 0 Å². The third-order valence-corrected chi connectivity index (χ3v) is 3.90. The molecule has 0 aliphatic rings. The lowest BCUT2D eigenvalue weighted by molar-refractivity contribution is 1.13. The topological polar surface area (TPSA) is 97.4 Å². The zero-order valence-corrected chi connectivity index (χ0v) is 14.4. The summed E-state index contributed by atoms with van der Waals surface area (Å²) in [7, 11) is 0. The first-order chi connectivity index (χ1) is 12.6. The van der Waals surface area contributed by atoms with Crippen molar-refractivity contribution in [2.75, 3.05) is 10.6 Å². The minimum atomic E-state index is -0.0149. The first-order valence-electron chi connectivity index (χ1n) is 8.00. The Bertz CT molecular complexity index is 958. The van der Waals surface area contributed by atoms with Crippen molar-refractivity contribution in [3.8, 4) is 12.1 Å². The van der Waals surface area contributed by atoms with Gasteiger partial charge in [0.25, 0.3) is 0 Å². The number of aryl methyl sites for hydroxylation is 2. The Kier molecular flexibility index (Phi) is 4.78. The van der Waals surface area contributed by atoms with Gasteiger partial charge in [-0.05, 0) is 37.1 Å².